The van der Waals surface area contributed by atoms with Gasteiger partial charge >= 0.3 is 0 Å². The van der Waals surface area contributed by atoms with Crippen molar-refractivity contribution in [3.63, 3.8) is 0 Å². The van der Waals surface area contributed by atoms with Crippen LogP contribution in [0, 0.1) is 0 Å². The first-order chi connectivity index (χ1) is 7.66. The fraction of sp³-hybridized carbons (Fsp3) is 0.467. The van der Waals surface area contributed by atoms with Crippen LogP contribution in [0.5, 0.6) is 0 Å². The molecule has 0 aromatic heterocycles. The Morgan fingerprint density at radius 2 is 1.94 bits per heavy atom. The summed E-state index contributed by atoms with van der Waals surface area (Å²) in [5.41, 5.74) is 5.58. The second kappa shape index (κ2) is 5.74. The molecule has 1 aromatic carbocycles. The van der Waals surface area contributed by atoms with Crippen LogP contribution in [-0.2, 0) is 6.42 Å². The van der Waals surface area contributed by atoms with E-state index in [2.05, 4.69) is 50.1 Å². The first kappa shape index (κ1) is 12.8. The normalized spacial score (nSPS) is 12.7. The lowest BCUT2D eigenvalue weighted by Gasteiger charge is -2.11. The minimum absolute atomic E-state index is 1.16. The van der Waals surface area contributed by atoms with Gasteiger partial charge in [0.25, 0.3) is 0 Å². The van der Waals surface area contributed by atoms with E-state index in [1.165, 1.54) is 28.8 Å². The minimum Gasteiger partial charge on any atom is -0.374 e. The highest BCUT2D eigenvalue weighted by Gasteiger charge is 2.14. The van der Waals surface area contributed by atoms with E-state index in [1.54, 1.807) is 0 Å². The van der Waals surface area contributed by atoms with Crippen molar-refractivity contribution in [2.24, 2.45) is 0 Å². The minimum atomic E-state index is 1.16. The molecule has 1 heteroatoms. The lowest BCUT2D eigenvalue weighted by molar-refractivity contribution is 0.956. The molecule has 1 nitrogen and oxygen atoms in total. The summed E-state index contributed by atoms with van der Waals surface area (Å²) in [4.78, 5) is 2.32. The molecule has 0 saturated heterocycles. The van der Waals surface area contributed by atoms with Gasteiger partial charge in [-0.3, -0.25) is 0 Å². The van der Waals surface area contributed by atoms with Gasteiger partial charge in [0.15, 0.2) is 0 Å². The number of likely N-dealkylation sites (N-methyl/N-ethyl adjacent to an activating group) is 1. The molecule has 0 radical (unpaired) electrons. The average Bonchev–Trinajstić information content (AvgIpc) is 2.62. The van der Waals surface area contributed by atoms with Crippen molar-refractivity contribution in [1.82, 2.24) is 0 Å². The predicted octanol–water partition coefficient (Wildman–Crippen LogP) is 4.13. The number of fused-ring (bicyclic) bond motifs is 1. The number of benzene rings is 1. The van der Waals surface area contributed by atoms with Gasteiger partial charge in [0.2, 0.25) is 0 Å². The van der Waals surface area contributed by atoms with E-state index in [0.717, 1.165) is 6.54 Å². The second-order valence-corrected chi connectivity index (χ2v) is 4.28. The summed E-state index contributed by atoms with van der Waals surface area (Å²) in [5.74, 6) is 0. The fourth-order valence-corrected chi connectivity index (χ4v) is 2.01. The lowest BCUT2D eigenvalue weighted by Crippen LogP contribution is -2.12. The van der Waals surface area contributed by atoms with Gasteiger partial charge in [0.05, 0.1) is 0 Å². The van der Waals surface area contributed by atoms with Crippen LogP contribution in [0.4, 0.5) is 5.69 Å². The van der Waals surface area contributed by atoms with Crippen molar-refractivity contribution >= 4 is 11.8 Å². The molecule has 0 atom stereocenters. The zero-order chi connectivity index (χ0) is 12.1. The third kappa shape index (κ3) is 2.88. The summed E-state index contributed by atoms with van der Waals surface area (Å²) in [5, 5.41) is 0. The van der Waals surface area contributed by atoms with Crippen molar-refractivity contribution in [2.45, 2.75) is 34.1 Å². The molecule has 1 aliphatic heterocycles. The van der Waals surface area contributed by atoms with E-state index >= 15 is 0 Å². The van der Waals surface area contributed by atoms with E-state index in [1.807, 2.05) is 13.8 Å². The number of allylic oxidation sites excluding steroid dienone is 1. The molecule has 0 unspecified atom stereocenters. The van der Waals surface area contributed by atoms with Gasteiger partial charge in [0.1, 0.15) is 0 Å². The largest absolute Gasteiger partial charge is 0.374 e. The zero-order valence-corrected chi connectivity index (χ0v) is 11.2. The average molecular weight is 217 g/mol. The first-order valence-electron chi connectivity index (χ1n) is 6.16. The Hall–Kier alpha value is -1.24. The van der Waals surface area contributed by atoms with Gasteiger partial charge in [-0.1, -0.05) is 31.6 Å². The van der Waals surface area contributed by atoms with Crippen LogP contribution in [0.25, 0.3) is 6.08 Å². The highest BCUT2D eigenvalue weighted by Crippen LogP contribution is 2.27. The number of rotatable bonds is 1. The molecule has 16 heavy (non-hydrogen) atoms. The molecule has 0 spiro atoms. The summed E-state index contributed by atoms with van der Waals surface area (Å²) in [7, 11) is 2.16. The molecule has 1 aromatic rings. The van der Waals surface area contributed by atoms with Crippen LogP contribution in [0.3, 0.4) is 0 Å². The maximum atomic E-state index is 2.32. The summed E-state index contributed by atoms with van der Waals surface area (Å²) < 4.78 is 0. The molecular weight excluding hydrogens is 194 g/mol. The highest BCUT2D eigenvalue weighted by molar-refractivity contribution is 5.63. The van der Waals surface area contributed by atoms with Gasteiger partial charge in [-0.2, -0.15) is 0 Å². The molecule has 1 heterocycles. The van der Waals surface area contributed by atoms with Crippen LogP contribution in [0.2, 0.25) is 0 Å². The summed E-state index contributed by atoms with van der Waals surface area (Å²) >= 11 is 0. The van der Waals surface area contributed by atoms with Gasteiger partial charge in [-0.25, -0.2) is 0 Å². The molecule has 0 N–H and O–H groups in total. The number of anilines is 1. The van der Waals surface area contributed by atoms with Crippen LogP contribution in [0.15, 0.2) is 23.8 Å². The van der Waals surface area contributed by atoms with Crippen molar-refractivity contribution in [2.75, 3.05) is 18.5 Å². The van der Waals surface area contributed by atoms with E-state index in [-0.39, 0.29) is 0 Å². The molecule has 0 bridgehead atoms. The standard InChI is InChI=1S/C13H17N.C2H6/c1-10(2)8-11-4-5-13-12(9-11)6-7-14(13)3;1-2/h4-5,8-9H,6-7H2,1-3H3;1-2H3. The van der Waals surface area contributed by atoms with Crippen molar-refractivity contribution in [3.05, 3.63) is 34.9 Å². The number of hydrogen-bond acceptors (Lipinski definition) is 1. The monoisotopic (exact) mass is 217 g/mol. The van der Waals surface area contributed by atoms with Gasteiger partial charge in [-0.05, 0) is 43.5 Å². The van der Waals surface area contributed by atoms with E-state index in [0.29, 0.717) is 0 Å². The SMILES string of the molecule is CC.CC(C)=Cc1ccc2c(c1)CCN2C. The molecular formula is C15H23N. The van der Waals surface area contributed by atoms with Crippen molar-refractivity contribution in [3.8, 4) is 0 Å². The topological polar surface area (TPSA) is 3.24 Å². The maximum Gasteiger partial charge on any atom is 0.0397 e. The van der Waals surface area contributed by atoms with Crippen molar-refractivity contribution < 1.29 is 0 Å². The van der Waals surface area contributed by atoms with Crippen molar-refractivity contribution in [1.29, 1.82) is 0 Å². The molecule has 0 amide bonds. The van der Waals surface area contributed by atoms with Gasteiger partial charge in [0, 0.05) is 19.3 Å². The quantitative estimate of drug-likeness (QED) is 0.683. The fourth-order valence-electron chi connectivity index (χ4n) is 2.01. The van der Waals surface area contributed by atoms with E-state index in [9.17, 15) is 0 Å². The number of nitrogens with zero attached hydrogens (tertiary/aromatic N) is 1. The summed E-state index contributed by atoms with van der Waals surface area (Å²) in [6.07, 6.45) is 3.43. The molecule has 0 fully saturated rings. The van der Waals surface area contributed by atoms with Crippen LogP contribution in [0.1, 0.15) is 38.8 Å². The molecule has 2 rings (SSSR count). The van der Waals surface area contributed by atoms with Gasteiger partial charge < -0.3 is 4.90 Å². The van der Waals surface area contributed by atoms with Gasteiger partial charge in [-0.15, -0.1) is 0 Å². The highest BCUT2D eigenvalue weighted by atomic mass is 15.1. The zero-order valence-electron chi connectivity index (χ0n) is 11.2. The Morgan fingerprint density at radius 1 is 1.25 bits per heavy atom. The third-order valence-electron chi connectivity index (χ3n) is 2.69. The summed E-state index contributed by atoms with van der Waals surface area (Å²) in [6, 6.07) is 6.75. The lowest BCUT2D eigenvalue weighted by atomic mass is 10.1. The molecule has 1 aliphatic rings. The summed E-state index contributed by atoms with van der Waals surface area (Å²) in [6.45, 7) is 9.44. The first-order valence-corrected chi connectivity index (χ1v) is 6.16. The van der Waals surface area contributed by atoms with Crippen LogP contribution in [-0.4, -0.2) is 13.6 Å². The van der Waals surface area contributed by atoms with Crippen LogP contribution < -0.4 is 4.90 Å². The molecule has 0 saturated carbocycles. The third-order valence-corrected chi connectivity index (χ3v) is 2.69. The van der Waals surface area contributed by atoms with E-state index < -0.39 is 0 Å². The smallest absolute Gasteiger partial charge is 0.0397 e. The van der Waals surface area contributed by atoms with Crippen LogP contribution >= 0.6 is 0 Å². The Bertz CT molecular complexity index is 373. The second-order valence-electron chi connectivity index (χ2n) is 4.28. The Balaban J connectivity index is 0.000000606. The number of hydrogen-bond donors (Lipinski definition) is 0. The predicted molar refractivity (Wildman–Crippen MR) is 74.1 cm³/mol. The van der Waals surface area contributed by atoms with E-state index in [4.69, 9.17) is 0 Å². The molecule has 88 valence electrons. The maximum absolute atomic E-state index is 2.32. The Labute approximate surface area is 99.8 Å². The Kier molecular flexibility index (Phi) is 4.60. The molecule has 0 aliphatic carbocycles. The Morgan fingerprint density at radius 3 is 2.56 bits per heavy atom.